The molecule has 3 aromatic heterocycles. The van der Waals surface area contributed by atoms with Crippen molar-refractivity contribution in [2.75, 3.05) is 0 Å². The molecule has 1 atom stereocenters. The van der Waals surface area contributed by atoms with Crippen LogP contribution in [0.4, 0.5) is 0 Å². The fourth-order valence-corrected chi connectivity index (χ4v) is 3.14. The molecule has 0 fully saturated rings. The van der Waals surface area contributed by atoms with Crippen molar-refractivity contribution in [2.24, 2.45) is 0 Å². The summed E-state index contributed by atoms with van der Waals surface area (Å²) in [7, 11) is 0. The summed E-state index contributed by atoms with van der Waals surface area (Å²) in [5, 5.41) is 10.5. The van der Waals surface area contributed by atoms with Crippen LogP contribution >= 0.6 is 0 Å². The maximum atomic E-state index is 12.9. The zero-order chi connectivity index (χ0) is 18.8. The minimum atomic E-state index is -0.786. The average molecular weight is 361 g/mol. The Morgan fingerprint density at radius 3 is 2.70 bits per heavy atom. The zero-order valence-corrected chi connectivity index (χ0v) is 14.1. The molecule has 0 aliphatic carbocycles. The van der Waals surface area contributed by atoms with Gasteiger partial charge in [-0.2, -0.15) is 0 Å². The number of carbonyl (C=O) groups excluding carboxylic acids is 2. The van der Waals surface area contributed by atoms with Gasteiger partial charge in [-0.3, -0.25) is 19.6 Å². The molecule has 0 aromatic carbocycles. The smallest absolute Gasteiger partial charge is 0.290 e. The molecule has 1 unspecified atom stereocenters. The summed E-state index contributed by atoms with van der Waals surface area (Å²) in [6.45, 7) is 0.137. The maximum absolute atomic E-state index is 12.9. The Hall–Kier alpha value is -3.74. The second kappa shape index (κ2) is 6.87. The van der Waals surface area contributed by atoms with Crippen molar-refractivity contribution < 1.29 is 19.1 Å². The lowest BCUT2D eigenvalue weighted by Gasteiger charge is -2.26. The number of hydrogen-bond acceptors (Lipinski definition) is 6. The standard InChI is InChI=1S/C20H15N3O4/c24-18(15-7-4-10-27-15)16-17(13-5-3-8-21-11-13)23(20(26)19(16)25)12-14-6-1-2-9-22-14/h1-11,17,25H,12H2. The molecule has 4 rings (SSSR count). The van der Waals surface area contributed by atoms with Gasteiger partial charge in [0, 0.05) is 18.6 Å². The number of hydrogen-bond donors (Lipinski definition) is 1. The molecule has 7 heteroatoms. The van der Waals surface area contributed by atoms with Crippen molar-refractivity contribution in [1.29, 1.82) is 0 Å². The normalized spacial score (nSPS) is 16.8. The molecule has 134 valence electrons. The van der Waals surface area contributed by atoms with Gasteiger partial charge >= 0.3 is 0 Å². The number of ketones is 1. The molecule has 1 aliphatic heterocycles. The van der Waals surface area contributed by atoms with E-state index in [0.717, 1.165) is 0 Å². The van der Waals surface area contributed by atoms with E-state index in [1.54, 1.807) is 48.9 Å². The van der Waals surface area contributed by atoms with Crippen LogP contribution < -0.4 is 0 Å². The fraction of sp³-hybridized carbons (Fsp3) is 0.100. The van der Waals surface area contributed by atoms with Crippen molar-refractivity contribution >= 4 is 11.7 Å². The number of aliphatic hydroxyl groups excluding tert-OH is 1. The Bertz CT molecular complexity index is 998. The summed E-state index contributed by atoms with van der Waals surface area (Å²) < 4.78 is 5.18. The fourth-order valence-electron chi connectivity index (χ4n) is 3.14. The molecule has 0 saturated heterocycles. The summed E-state index contributed by atoms with van der Waals surface area (Å²) in [5.41, 5.74) is 1.22. The minimum absolute atomic E-state index is 0.0288. The highest BCUT2D eigenvalue weighted by Gasteiger charge is 2.44. The van der Waals surface area contributed by atoms with Crippen molar-refractivity contribution in [3.63, 3.8) is 0 Å². The highest BCUT2D eigenvalue weighted by molar-refractivity contribution is 6.14. The first kappa shape index (κ1) is 16.7. The third-order valence-electron chi connectivity index (χ3n) is 4.35. The summed E-state index contributed by atoms with van der Waals surface area (Å²) >= 11 is 0. The predicted molar refractivity (Wildman–Crippen MR) is 94.5 cm³/mol. The average Bonchev–Trinajstić information content (AvgIpc) is 3.32. The number of rotatable bonds is 5. The summed E-state index contributed by atoms with van der Waals surface area (Å²) in [5.74, 6) is -1.70. The van der Waals surface area contributed by atoms with Crippen molar-refractivity contribution in [2.45, 2.75) is 12.6 Å². The molecule has 7 nitrogen and oxygen atoms in total. The van der Waals surface area contributed by atoms with E-state index in [4.69, 9.17) is 4.42 Å². The Morgan fingerprint density at radius 1 is 1.15 bits per heavy atom. The summed E-state index contributed by atoms with van der Waals surface area (Å²) in [6.07, 6.45) is 6.15. The number of aromatic nitrogens is 2. The molecule has 0 spiro atoms. The predicted octanol–water partition coefficient (Wildman–Crippen LogP) is 2.85. The monoisotopic (exact) mass is 361 g/mol. The second-order valence-electron chi connectivity index (χ2n) is 6.01. The number of nitrogens with zero attached hydrogens (tertiary/aromatic N) is 3. The van der Waals surface area contributed by atoms with Crippen molar-refractivity contribution in [3.05, 3.63) is 95.7 Å². The number of amides is 1. The molecule has 1 amide bonds. The van der Waals surface area contributed by atoms with E-state index in [0.29, 0.717) is 11.3 Å². The number of furan rings is 1. The molecular weight excluding hydrogens is 346 g/mol. The lowest BCUT2D eigenvalue weighted by atomic mass is 9.96. The molecule has 0 bridgehead atoms. The second-order valence-corrected chi connectivity index (χ2v) is 6.01. The van der Waals surface area contributed by atoms with Crippen LogP contribution in [-0.4, -0.2) is 31.7 Å². The van der Waals surface area contributed by atoms with Crippen LogP contribution in [-0.2, 0) is 11.3 Å². The number of aliphatic hydroxyl groups is 1. The minimum Gasteiger partial charge on any atom is -0.503 e. The molecule has 27 heavy (non-hydrogen) atoms. The number of pyridine rings is 2. The first-order chi connectivity index (χ1) is 13.2. The third kappa shape index (κ3) is 2.99. The Labute approximate surface area is 154 Å². The van der Waals surface area contributed by atoms with Gasteiger partial charge in [-0.15, -0.1) is 0 Å². The quantitative estimate of drug-likeness (QED) is 0.702. The van der Waals surface area contributed by atoms with Gasteiger partial charge in [-0.1, -0.05) is 12.1 Å². The van der Waals surface area contributed by atoms with Crippen LogP contribution in [0.3, 0.4) is 0 Å². The molecule has 0 radical (unpaired) electrons. The van der Waals surface area contributed by atoms with Crippen LogP contribution in [0.1, 0.15) is 27.9 Å². The summed E-state index contributed by atoms with van der Waals surface area (Å²) in [4.78, 5) is 35.4. The van der Waals surface area contributed by atoms with Gasteiger partial charge in [0.15, 0.2) is 11.5 Å². The third-order valence-corrected chi connectivity index (χ3v) is 4.35. The first-order valence-corrected chi connectivity index (χ1v) is 8.29. The van der Waals surface area contributed by atoms with Gasteiger partial charge in [-0.05, 0) is 35.9 Å². The van der Waals surface area contributed by atoms with E-state index >= 15 is 0 Å². The highest BCUT2D eigenvalue weighted by Crippen LogP contribution is 2.39. The summed E-state index contributed by atoms with van der Waals surface area (Å²) in [6, 6.07) is 11.1. The van der Waals surface area contributed by atoms with Crippen molar-refractivity contribution in [1.82, 2.24) is 14.9 Å². The Kier molecular flexibility index (Phi) is 4.25. The van der Waals surface area contributed by atoms with Crippen LogP contribution in [0.15, 0.2) is 83.1 Å². The zero-order valence-electron chi connectivity index (χ0n) is 14.1. The van der Waals surface area contributed by atoms with E-state index < -0.39 is 23.5 Å². The van der Waals surface area contributed by atoms with E-state index in [-0.39, 0.29) is 17.9 Å². The van der Waals surface area contributed by atoms with Crippen LogP contribution in [0.5, 0.6) is 0 Å². The Balaban J connectivity index is 1.79. The van der Waals surface area contributed by atoms with Gasteiger partial charge in [0.1, 0.15) is 0 Å². The Morgan fingerprint density at radius 2 is 2.04 bits per heavy atom. The van der Waals surface area contributed by atoms with E-state index in [1.165, 1.54) is 17.2 Å². The lowest BCUT2D eigenvalue weighted by Crippen LogP contribution is -2.31. The van der Waals surface area contributed by atoms with Gasteiger partial charge in [0.2, 0.25) is 5.78 Å². The number of carbonyl (C=O) groups is 2. The molecule has 4 heterocycles. The number of Topliss-reactive ketones (excluding diaryl/α,β-unsaturated/α-hetero) is 1. The lowest BCUT2D eigenvalue weighted by molar-refractivity contribution is -0.130. The molecule has 3 aromatic rings. The van der Waals surface area contributed by atoms with E-state index in [1.807, 2.05) is 6.07 Å². The SMILES string of the molecule is O=C(C1=C(O)C(=O)N(Cc2ccccn2)C1c1cccnc1)c1ccco1. The van der Waals surface area contributed by atoms with E-state index in [9.17, 15) is 14.7 Å². The molecule has 1 aliphatic rings. The topological polar surface area (TPSA) is 96.5 Å². The molecule has 0 saturated carbocycles. The highest BCUT2D eigenvalue weighted by atomic mass is 16.3. The van der Waals surface area contributed by atoms with Crippen LogP contribution in [0.25, 0.3) is 0 Å². The van der Waals surface area contributed by atoms with Crippen molar-refractivity contribution in [3.8, 4) is 0 Å². The van der Waals surface area contributed by atoms with Gasteiger partial charge in [-0.25, -0.2) is 0 Å². The molecular formula is C20H15N3O4. The van der Waals surface area contributed by atoms with Gasteiger partial charge in [0.05, 0.1) is 30.1 Å². The molecule has 1 N–H and O–H groups in total. The maximum Gasteiger partial charge on any atom is 0.290 e. The van der Waals surface area contributed by atoms with Crippen LogP contribution in [0.2, 0.25) is 0 Å². The van der Waals surface area contributed by atoms with Gasteiger partial charge in [0.25, 0.3) is 5.91 Å². The first-order valence-electron chi connectivity index (χ1n) is 8.29. The van der Waals surface area contributed by atoms with Gasteiger partial charge < -0.3 is 14.4 Å². The largest absolute Gasteiger partial charge is 0.503 e. The van der Waals surface area contributed by atoms with E-state index in [2.05, 4.69) is 9.97 Å². The van der Waals surface area contributed by atoms with Crippen LogP contribution in [0, 0.1) is 0 Å².